The van der Waals surface area contributed by atoms with Crippen LogP contribution in [0.15, 0.2) is 59.0 Å². The van der Waals surface area contributed by atoms with E-state index in [1.165, 1.54) is 12.1 Å². The van der Waals surface area contributed by atoms with Crippen molar-refractivity contribution in [3.05, 3.63) is 65.7 Å². The number of aromatic nitrogens is 2. The molecule has 2 aromatic carbocycles. The maximum Gasteiger partial charge on any atom is 0.416 e. The van der Waals surface area contributed by atoms with E-state index in [4.69, 9.17) is 4.42 Å². The molecule has 5 rings (SSSR count). The predicted octanol–water partition coefficient (Wildman–Crippen LogP) is 5.27. The van der Waals surface area contributed by atoms with Crippen molar-refractivity contribution in [3.8, 4) is 17.1 Å². The van der Waals surface area contributed by atoms with Gasteiger partial charge in [0.15, 0.2) is 5.76 Å². The lowest BCUT2D eigenvalue weighted by atomic mass is 10.1. The van der Waals surface area contributed by atoms with Gasteiger partial charge >= 0.3 is 6.18 Å². The van der Waals surface area contributed by atoms with Gasteiger partial charge in [-0.25, -0.2) is 4.68 Å². The second kappa shape index (κ2) is 5.64. The Balaban J connectivity index is 1.62. The number of nitrogens with zero attached hydrogens (tertiary/aromatic N) is 2. The topological polar surface area (TPSA) is 43.0 Å². The minimum Gasteiger partial charge on any atom is -0.454 e. The molecule has 3 heterocycles. The van der Waals surface area contributed by atoms with Gasteiger partial charge in [-0.2, -0.15) is 18.3 Å². The van der Waals surface area contributed by atoms with E-state index in [-0.39, 0.29) is 0 Å². The van der Waals surface area contributed by atoms with E-state index in [2.05, 4.69) is 10.4 Å². The maximum absolute atomic E-state index is 12.8. The summed E-state index contributed by atoms with van der Waals surface area (Å²) in [7, 11) is 0. The van der Waals surface area contributed by atoms with Crippen LogP contribution in [0.1, 0.15) is 11.1 Å². The van der Waals surface area contributed by atoms with Crippen molar-refractivity contribution in [2.45, 2.75) is 12.6 Å². The van der Waals surface area contributed by atoms with E-state index in [1.807, 2.05) is 30.3 Å². The van der Waals surface area contributed by atoms with Crippen molar-refractivity contribution < 1.29 is 17.6 Å². The van der Waals surface area contributed by atoms with Gasteiger partial charge in [-0.1, -0.05) is 18.2 Å². The Kier molecular flexibility index (Phi) is 3.34. The smallest absolute Gasteiger partial charge is 0.416 e. The zero-order valence-corrected chi connectivity index (χ0v) is 14.0. The molecule has 1 N–H and O–H groups in total. The third kappa shape index (κ3) is 2.58. The summed E-state index contributed by atoms with van der Waals surface area (Å²) in [5.41, 5.74) is 2.38. The lowest BCUT2D eigenvalue weighted by Crippen LogP contribution is -2.07. The highest BCUT2D eigenvalue weighted by molar-refractivity contribution is 5.83. The highest BCUT2D eigenvalue weighted by Gasteiger charge is 2.31. The Bertz CT molecular complexity index is 1110. The Labute approximate surface area is 152 Å². The molecule has 0 fully saturated rings. The van der Waals surface area contributed by atoms with Crippen LogP contribution in [0.25, 0.3) is 28.1 Å². The standard InChI is InChI=1S/C20H14F3N3O/c21-20(22,23)13-5-7-14(8-6-13)26-19-15(9-10-24-19)18(25-26)17-11-12-3-1-2-4-16(12)27-17/h1-8,11,24H,9-10H2. The summed E-state index contributed by atoms with van der Waals surface area (Å²) in [6, 6.07) is 14.6. The van der Waals surface area contributed by atoms with Gasteiger partial charge in [-0.05, 0) is 42.8 Å². The quantitative estimate of drug-likeness (QED) is 0.523. The van der Waals surface area contributed by atoms with Crippen LogP contribution in [-0.2, 0) is 12.6 Å². The number of nitrogens with one attached hydrogen (secondary N) is 1. The highest BCUT2D eigenvalue weighted by atomic mass is 19.4. The normalized spacial score (nSPS) is 13.7. The second-order valence-electron chi connectivity index (χ2n) is 6.46. The fourth-order valence-corrected chi connectivity index (χ4v) is 3.45. The number of anilines is 1. The summed E-state index contributed by atoms with van der Waals surface area (Å²) in [5, 5.41) is 8.89. The molecule has 7 heteroatoms. The molecule has 0 unspecified atom stereocenters. The summed E-state index contributed by atoms with van der Waals surface area (Å²) in [6.07, 6.45) is -3.58. The molecule has 0 spiro atoms. The molecule has 4 aromatic rings. The lowest BCUT2D eigenvalue weighted by molar-refractivity contribution is -0.137. The highest BCUT2D eigenvalue weighted by Crippen LogP contribution is 2.37. The van der Waals surface area contributed by atoms with Crippen molar-refractivity contribution >= 4 is 16.8 Å². The number of hydrogen-bond acceptors (Lipinski definition) is 3. The van der Waals surface area contributed by atoms with Crippen molar-refractivity contribution in [1.82, 2.24) is 9.78 Å². The fourth-order valence-electron chi connectivity index (χ4n) is 3.45. The average Bonchev–Trinajstić information content (AvgIpc) is 3.35. The molecular weight excluding hydrogens is 355 g/mol. The number of fused-ring (bicyclic) bond motifs is 2. The maximum atomic E-state index is 12.8. The number of halogens is 3. The van der Waals surface area contributed by atoms with Gasteiger partial charge in [-0.3, -0.25) is 0 Å². The SMILES string of the molecule is FC(F)(F)c1ccc(-n2nc(-c3cc4ccccc4o3)c3c2NCC3)cc1. The summed E-state index contributed by atoms with van der Waals surface area (Å²) in [6.45, 7) is 0.751. The number of alkyl halides is 3. The van der Waals surface area contributed by atoms with Crippen molar-refractivity contribution in [2.24, 2.45) is 0 Å². The molecule has 0 radical (unpaired) electrons. The molecule has 4 nitrogen and oxygen atoms in total. The first-order chi connectivity index (χ1) is 13.0. The fraction of sp³-hybridized carbons (Fsp3) is 0.150. The van der Waals surface area contributed by atoms with E-state index in [0.29, 0.717) is 17.1 Å². The molecule has 136 valence electrons. The van der Waals surface area contributed by atoms with Crippen LogP contribution in [0.5, 0.6) is 0 Å². The minimum absolute atomic E-state index is 0.566. The third-order valence-electron chi connectivity index (χ3n) is 4.75. The molecule has 0 saturated heterocycles. The van der Waals surface area contributed by atoms with Gasteiger partial charge in [0.05, 0.1) is 11.3 Å². The van der Waals surface area contributed by atoms with Gasteiger partial charge in [0.1, 0.15) is 17.1 Å². The monoisotopic (exact) mass is 369 g/mol. The van der Waals surface area contributed by atoms with E-state index in [9.17, 15) is 13.2 Å². The van der Waals surface area contributed by atoms with Gasteiger partial charge in [-0.15, -0.1) is 0 Å². The number of benzene rings is 2. The van der Waals surface area contributed by atoms with Crippen molar-refractivity contribution in [2.75, 3.05) is 11.9 Å². The van der Waals surface area contributed by atoms with E-state index >= 15 is 0 Å². The van der Waals surface area contributed by atoms with Crippen LogP contribution in [0, 0.1) is 0 Å². The molecular formula is C20H14F3N3O. The van der Waals surface area contributed by atoms with Crippen LogP contribution in [0.3, 0.4) is 0 Å². The largest absolute Gasteiger partial charge is 0.454 e. The first-order valence-corrected chi connectivity index (χ1v) is 8.53. The lowest BCUT2D eigenvalue weighted by Gasteiger charge is -2.09. The Hall–Kier alpha value is -3.22. The van der Waals surface area contributed by atoms with Crippen molar-refractivity contribution in [3.63, 3.8) is 0 Å². The summed E-state index contributed by atoms with van der Waals surface area (Å²) in [5.74, 6) is 1.45. The van der Waals surface area contributed by atoms with E-state index in [1.54, 1.807) is 4.68 Å². The summed E-state index contributed by atoms with van der Waals surface area (Å²) in [4.78, 5) is 0. The molecule has 0 amide bonds. The van der Waals surface area contributed by atoms with Gasteiger partial charge in [0.25, 0.3) is 0 Å². The Morgan fingerprint density at radius 3 is 2.56 bits per heavy atom. The van der Waals surface area contributed by atoms with Crippen LogP contribution in [0.4, 0.5) is 19.0 Å². The predicted molar refractivity (Wildman–Crippen MR) is 96.0 cm³/mol. The second-order valence-corrected chi connectivity index (χ2v) is 6.46. The molecule has 0 bridgehead atoms. The first-order valence-electron chi connectivity index (χ1n) is 8.53. The minimum atomic E-state index is -4.36. The third-order valence-corrected chi connectivity index (χ3v) is 4.75. The van der Waals surface area contributed by atoms with E-state index in [0.717, 1.165) is 47.4 Å². The Morgan fingerprint density at radius 2 is 1.81 bits per heavy atom. The summed E-state index contributed by atoms with van der Waals surface area (Å²) < 4.78 is 46.0. The average molecular weight is 369 g/mol. The van der Waals surface area contributed by atoms with Gasteiger partial charge in [0.2, 0.25) is 0 Å². The summed E-state index contributed by atoms with van der Waals surface area (Å²) >= 11 is 0. The zero-order chi connectivity index (χ0) is 18.6. The number of hydrogen-bond donors (Lipinski definition) is 1. The molecule has 1 aliphatic rings. The van der Waals surface area contributed by atoms with Crippen LogP contribution in [-0.4, -0.2) is 16.3 Å². The van der Waals surface area contributed by atoms with Crippen LogP contribution in [0.2, 0.25) is 0 Å². The van der Waals surface area contributed by atoms with Crippen LogP contribution < -0.4 is 5.32 Å². The number of furan rings is 1. The zero-order valence-electron chi connectivity index (χ0n) is 14.0. The molecule has 0 saturated carbocycles. The molecule has 1 aliphatic heterocycles. The molecule has 2 aromatic heterocycles. The van der Waals surface area contributed by atoms with E-state index < -0.39 is 11.7 Å². The van der Waals surface area contributed by atoms with Crippen LogP contribution >= 0.6 is 0 Å². The molecule has 0 atom stereocenters. The Morgan fingerprint density at radius 1 is 1.04 bits per heavy atom. The molecule has 27 heavy (non-hydrogen) atoms. The van der Waals surface area contributed by atoms with Crippen molar-refractivity contribution in [1.29, 1.82) is 0 Å². The van der Waals surface area contributed by atoms with Gasteiger partial charge < -0.3 is 9.73 Å². The number of para-hydroxylation sites is 1. The number of rotatable bonds is 2. The first kappa shape index (κ1) is 16.0. The molecule has 0 aliphatic carbocycles. The van der Waals surface area contributed by atoms with Gasteiger partial charge in [0, 0.05) is 17.5 Å².